The van der Waals surface area contributed by atoms with Crippen LogP contribution in [0.3, 0.4) is 0 Å². The molecule has 3 aliphatic rings. The van der Waals surface area contributed by atoms with Crippen molar-refractivity contribution in [3.05, 3.63) is 29.8 Å². The highest BCUT2D eigenvalue weighted by atomic mass is 16.2. The van der Waals surface area contributed by atoms with Crippen molar-refractivity contribution in [2.24, 2.45) is 11.3 Å². The number of hydrogen-bond acceptors (Lipinski definition) is 3. The second-order valence-corrected chi connectivity index (χ2v) is 7.44. The lowest BCUT2D eigenvalue weighted by Gasteiger charge is -2.23. The Labute approximate surface area is 142 Å². The first kappa shape index (κ1) is 15.6. The maximum Gasteiger partial charge on any atom is 0.253 e. The van der Waals surface area contributed by atoms with Crippen LogP contribution in [0.15, 0.2) is 24.3 Å². The fraction of sp³-hybridized carbons (Fsp3) is 0.579. The molecule has 128 valence electrons. The lowest BCUT2D eigenvalue weighted by Crippen LogP contribution is -2.31. The van der Waals surface area contributed by atoms with Gasteiger partial charge < -0.3 is 15.5 Å². The predicted octanol–water partition coefficient (Wildman–Crippen LogP) is 2.25. The molecule has 1 unspecified atom stereocenters. The van der Waals surface area contributed by atoms with Gasteiger partial charge >= 0.3 is 0 Å². The van der Waals surface area contributed by atoms with Crippen LogP contribution < -0.4 is 10.6 Å². The van der Waals surface area contributed by atoms with Gasteiger partial charge in [-0.25, -0.2) is 0 Å². The Hall–Kier alpha value is -1.88. The first-order valence-corrected chi connectivity index (χ1v) is 9.09. The molecule has 1 aromatic rings. The van der Waals surface area contributed by atoms with E-state index >= 15 is 0 Å². The molecule has 5 heteroatoms. The summed E-state index contributed by atoms with van der Waals surface area (Å²) in [5.41, 5.74) is 1.64. The summed E-state index contributed by atoms with van der Waals surface area (Å²) in [7, 11) is 0. The monoisotopic (exact) mass is 327 g/mol. The van der Waals surface area contributed by atoms with Gasteiger partial charge in [-0.1, -0.05) is 6.07 Å². The highest BCUT2D eigenvalue weighted by molar-refractivity contribution is 5.98. The number of amides is 2. The number of anilines is 1. The van der Waals surface area contributed by atoms with Crippen LogP contribution in [-0.2, 0) is 4.79 Å². The molecule has 2 heterocycles. The van der Waals surface area contributed by atoms with Gasteiger partial charge in [0.2, 0.25) is 5.91 Å². The van der Waals surface area contributed by atoms with Crippen LogP contribution in [0.25, 0.3) is 0 Å². The molecule has 1 atom stereocenters. The van der Waals surface area contributed by atoms with Crippen LogP contribution in [0.2, 0.25) is 0 Å². The van der Waals surface area contributed by atoms with E-state index in [9.17, 15) is 9.59 Å². The Kier molecular flexibility index (Phi) is 4.04. The molecule has 1 aromatic carbocycles. The maximum absolute atomic E-state index is 12.6. The van der Waals surface area contributed by atoms with E-state index in [2.05, 4.69) is 10.6 Å². The second-order valence-electron chi connectivity index (χ2n) is 7.44. The smallest absolute Gasteiger partial charge is 0.253 e. The average molecular weight is 327 g/mol. The largest absolute Gasteiger partial charge is 0.339 e. The van der Waals surface area contributed by atoms with Crippen LogP contribution in [0.4, 0.5) is 5.69 Å². The van der Waals surface area contributed by atoms with Crippen molar-refractivity contribution in [3.63, 3.8) is 0 Å². The Morgan fingerprint density at radius 2 is 1.92 bits per heavy atom. The molecule has 0 radical (unpaired) electrons. The number of likely N-dealkylation sites (tertiary alicyclic amines) is 1. The molecule has 3 fully saturated rings. The van der Waals surface area contributed by atoms with E-state index in [1.165, 1.54) is 0 Å². The van der Waals surface area contributed by atoms with E-state index < -0.39 is 0 Å². The zero-order valence-corrected chi connectivity index (χ0v) is 14.0. The van der Waals surface area contributed by atoms with E-state index in [1.54, 1.807) is 0 Å². The van der Waals surface area contributed by atoms with E-state index in [4.69, 9.17) is 0 Å². The minimum atomic E-state index is 0.0739. The lowest BCUT2D eigenvalue weighted by atomic mass is 9.92. The topological polar surface area (TPSA) is 61.4 Å². The molecule has 2 amide bonds. The van der Waals surface area contributed by atoms with Crippen molar-refractivity contribution in [1.29, 1.82) is 0 Å². The Morgan fingerprint density at radius 1 is 1.17 bits per heavy atom. The zero-order chi connectivity index (χ0) is 16.6. The van der Waals surface area contributed by atoms with Crippen LogP contribution in [-0.4, -0.2) is 42.9 Å². The number of benzene rings is 1. The van der Waals surface area contributed by atoms with E-state index in [-0.39, 0.29) is 23.1 Å². The highest BCUT2D eigenvalue weighted by Crippen LogP contribution is 2.58. The van der Waals surface area contributed by atoms with Crippen molar-refractivity contribution in [3.8, 4) is 0 Å². The molecule has 2 N–H and O–H groups in total. The summed E-state index contributed by atoms with van der Waals surface area (Å²) < 4.78 is 0. The highest BCUT2D eigenvalue weighted by Gasteiger charge is 2.57. The fourth-order valence-corrected chi connectivity index (χ4v) is 4.26. The Bertz CT molecular complexity index is 646. The number of hydrogen-bond donors (Lipinski definition) is 2. The average Bonchev–Trinajstić information content (AvgIpc) is 3.05. The third-order valence-corrected chi connectivity index (χ3v) is 5.88. The molecule has 0 aromatic heterocycles. The summed E-state index contributed by atoms with van der Waals surface area (Å²) in [5, 5.41) is 6.39. The summed E-state index contributed by atoms with van der Waals surface area (Å²) in [6.07, 6.45) is 5.37. The molecule has 5 nitrogen and oxygen atoms in total. The third kappa shape index (κ3) is 2.93. The van der Waals surface area contributed by atoms with Crippen molar-refractivity contribution in [2.75, 3.05) is 31.5 Å². The Balaban J connectivity index is 1.41. The van der Waals surface area contributed by atoms with E-state index in [0.717, 1.165) is 64.0 Å². The molecular weight excluding hydrogens is 302 g/mol. The number of nitrogens with zero attached hydrogens (tertiary/aromatic N) is 1. The minimum Gasteiger partial charge on any atom is -0.339 e. The summed E-state index contributed by atoms with van der Waals surface area (Å²) in [6, 6.07) is 7.38. The second kappa shape index (κ2) is 6.20. The standard InChI is InChI=1S/C19H25N3O2/c23-17(16-13-19(16)6-8-20-9-7-19)21-15-5-3-4-14(12-15)18(24)22-10-1-2-11-22/h3-5,12,16,20H,1-2,6-11,13H2,(H,21,23). The predicted molar refractivity (Wildman–Crippen MR) is 92.9 cm³/mol. The van der Waals surface area contributed by atoms with Crippen LogP contribution >= 0.6 is 0 Å². The quantitative estimate of drug-likeness (QED) is 0.895. The van der Waals surface area contributed by atoms with Gasteiger partial charge in [-0.15, -0.1) is 0 Å². The number of carbonyl (C=O) groups is 2. The van der Waals surface area contributed by atoms with Crippen molar-refractivity contribution in [1.82, 2.24) is 10.2 Å². The first-order valence-electron chi connectivity index (χ1n) is 9.09. The molecule has 0 bridgehead atoms. The van der Waals surface area contributed by atoms with E-state index in [0.29, 0.717) is 5.56 Å². The summed E-state index contributed by atoms with van der Waals surface area (Å²) in [5.74, 6) is 0.324. The van der Waals surface area contributed by atoms with Gasteiger partial charge in [0.1, 0.15) is 0 Å². The van der Waals surface area contributed by atoms with Crippen molar-refractivity contribution < 1.29 is 9.59 Å². The minimum absolute atomic E-state index is 0.0739. The lowest BCUT2D eigenvalue weighted by molar-refractivity contribution is -0.118. The fourth-order valence-electron chi connectivity index (χ4n) is 4.26. The number of piperidine rings is 1. The van der Waals surface area contributed by atoms with Gasteiger partial charge in [0.15, 0.2) is 0 Å². The molecule has 4 rings (SSSR count). The summed E-state index contributed by atoms with van der Waals surface area (Å²) in [4.78, 5) is 26.9. The maximum atomic E-state index is 12.6. The van der Waals surface area contributed by atoms with Crippen LogP contribution in [0.1, 0.15) is 42.5 Å². The summed E-state index contributed by atoms with van der Waals surface area (Å²) in [6.45, 7) is 3.72. The molecule has 1 saturated carbocycles. The van der Waals surface area contributed by atoms with Crippen LogP contribution in [0, 0.1) is 11.3 Å². The summed E-state index contributed by atoms with van der Waals surface area (Å²) >= 11 is 0. The normalized spacial score (nSPS) is 24.8. The van der Waals surface area contributed by atoms with Crippen molar-refractivity contribution >= 4 is 17.5 Å². The number of rotatable bonds is 3. The Morgan fingerprint density at radius 3 is 2.67 bits per heavy atom. The first-order chi connectivity index (χ1) is 11.7. The van der Waals surface area contributed by atoms with Gasteiger partial charge in [-0.3, -0.25) is 9.59 Å². The van der Waals surface area contributed by atoms with Gasteiger partial charge in [0, 0.05) is 30.3 Å². The molecule has 2 saturated heterocycles. The van der Waals surface area contributed by atoms with Gasteiger partial charge in [0.25, 0.3) is 5.91 Å². The van der Waals surface area contributed by atoms with Gasteiger partial charge in [-0.05, 0) is 68.8 Å². The zero-order valence-electron chi connectivity index (χ0n) is 14.0. The van der Waals surface area contributed by atoms with Gasteiger partial charge in [-0.2, -0.15) is 0 Å². The molecular formula is C19H25N3O2. The van der Waals surface area contributed by atoms with Crippen LogP contribution in [0.5, 0.6) is 0 Å². The van der Waals surface area contributed by atoms with E-state index in [1.807, 2.05) is 29.2 Å². The molecule has 1 spiro atoms. The van der Waals surface area contributed by atoms with Gasteiger partial charge in [0.05, 0.1) is 0 Å². The molecule has 24 heavy (non-hydrogen) atoms. The van der Waals surface area contributed by atoms with Crippen molar-refractivity contribution in [2.45, 2.75) is 32.1 Å². The SMILES string of the molecule is O=C(Nc1cccc(C(=O)N2CCCC2)c1)C1CC12CCNCC2. The number of carbonyl (C=O) groups excluding carboxylic acids is 2. The molecule has 2 aliphatic heterocycles. The third-order valence-electron chi connectivity index (χ3n) is 5.88. The molecule has 1 aliphatic carbocycles. The number of nitrogens with one attached hydrogen (secondary N) is 2.